The third kappa shape index (κ3) is 2.04. The molecule has 0 saturated carbocycles. The first-order valence-corrected chi connectivity index (χ1v) is 5.56. The molecule has 1 aliphatic heterocycles. The van der Waals surface area contributed by atoms with Crippen molar-refractivity contribution >= 4 is 11.8 Å². The van der Waals surface area contributed by atoms with Crippen LogP contribution in [0.25, 0.3) is 0 Å². The average molecular weight is 227 g/mol. The van der Waals surface area contributed by atoms with Crippen LogP contribution >= 0.6 is 0 Å². The second-order valence-electron chi connectivity index (χ2n) is 4.79. The maximum Gasteiger partial charge on any atom is 0.247 e. The van der Waals surface area contributed by atoms with E-state index < -0.39 is 5.54 Å². The number of hydrogen-bond donors (Lipinski definition) is 1. The minimum atomic E-state index is -0.741. The van der Waals surface area contributed by atoms with Crippen molar-refractivity contribution < 1.29 is 9.59 Å². The largest absolute Gasteiger partial charge is 0.342 e. The van der Waals surface area contributed by atoms with Crippen molar-refractivity contribution in [3.05, 3.63) is 0 Å². The van der Waals surface area contributed by atoms with Crippen LogP contribution in [-0.4, -0.2) is 60.4 Å². The first kappa shape index (κ1) is 13.0. The van der Waals surface area contributed by atoms with Crippen LogP contribution in [0.1, 0.15) is 20.8 Å². The van der Waals surface area contributed by atoms with Crippen molar-refractivity contribution in [3.63, 3.8) is 0 Å². The molecule has 0 aromatic carbocycles. The zero-order chi connectivity index (χ0) is 12.5. The predicted octanol–water partition coefficient (Wildman–Crippen LogP) is -0.326. The van der Waals surface area contributed by atoms with Crippen molar-refractivity contribution in [2.45, 2.75) is 32.4 Å². The van der Waals surface area contributed by atoms with Crippen LogP contribution in [0.5, 0.6) is 0 Å². The Morgan fingerprint density at radius 1 is 1.44 bits per heavy atom. The van der Waals surface area contributed by atoms with Gasteiger partial charge in [-0.05, 0) is 27.8 Å². The Balaban J connectivity index is 2.90. The maximum absolute atomic E-state index is 12.1. The number of likely N-dealkylation sites (N-methyl/N-ethyl adjacent to an activating group) is 2. The number of nitrogens with zero attached hydrogens (tertiary/aromatic N) is 2. The van der Waals surface area contributed by atoms with Gasteiger partial charge in [0.05, 0.1) is 6.04 Å². The molecule has 1 N–H and O–H groups in total. The second kappa shape index (κ2) is 4.41. The van der Waals surface area contributed by atoms with E-state index in [1.165, 1.54) is 0 Å². The molecule has 92 valence electrons. The molecular formula is C11H21N3O2. The Morgan fingerprint density at radius 2 is 2.00 bits per heavy atom. The lowest BCUT2D eigenvalue weighted by Gasteiger charge is -2.45. The van der Waals surface area contributed by atoms with Gasteiger partial charge < -0.3 is 15.1 Å². The van der Waals surface area contributed by atoms with Crippen LogP contribution in [0.15, 0.2) is 0 Å². The van der Waals surface area contributed by atoms with E-state index in [2.05, 4.69) is 5.32 Å². The Kier molecular flexibility index (Phi) is 3.57. The molecule has 1 unspecified atom stereocenters. The standard InChI is InChI=1S/C11H21N3O2/c1-8(12-4)9(15)14-7-6-13(5)10(16)11(14,2)3/h8,12H,6-7H2,1-5H3. The zero-order valence-electron chi connectivity index (χ0n) is 10.7. The zero-order valence-corrected chi connectivity index (χ0v) is 10.7. The summed E-state index contributed by atoms with van der Waals surface area (Å²) in [7, 11) is 3.51. The molecule has 5 nitrogen and oxygen atoms in total. The van der Waals surface area contributed by atoms with Crippen molar-refractivity contribution in [3.8, 4) is 0 Å². The molecule has 5 heteroatoms. The van der Waals surface area contributed by atoms with Gasteiger partial charge in [-0.1, -0.05) is 0 Å². The SMILES string of the molecule is CNC(C)C(=O)N1CCN(C)C(=O)C1(C)C. The summed E-state index contributed by atoms with van der Waals surface area (Å²) in [6.45, 7) is 6.60. The van der Waals surface area contributed by atoms with Crippen LogP contribution in [-0.2, 0) is 9.59 Å². The molecule has 2 amide bonds. The van der Waals surface area contributed by atoms with E-state index in [1.807, 2.05) is 0 Å². The number of rotatable bonds is 2. The van der Waals surface area contributed by atoms with Gasteiger partial charge in [0, 0.05) is 20.1 Å². The summed E-state index contributed by atoms with van der Waals surface area (Å²) in [4.78, 5) is 27.4. The van der Waals surface area contributed by atoms with E-state index in [-0.39, 0.29) is 17.9 Å². The summed E-state index contributed by atoms with van der Waals surface area (Å²) in [5.41, 5.74) is -0.741. The normalized spacial score (nSPS) is 22.2. The highest BCUT2D eigenvalue weighted by Crippen LogP contribution is 2.22. The Hall–Kier alpha value is -1.10. The Morgan fingerprint density at radius 3 is 2.50 bits per heavy atom. The molecule has 1 aliphatic rings. The number of carbonyl (C=O) groups is 2. The van der Waals surface area contributed by atoms with Gasteiger partial charge in [0.2, 0.25) is 11.8 Å². The average Bonchev–Trinajstić information content (AvgIpc) is 2.24. The highest BCUT2D eigenvalue weighted by atomic mass is 16.2. The monoisotopic (exact) mass is 227 g/mol. The van der Waals surface area contributed by atoms with Crippen LogP contribution < -0.4 is 5.32 Å². The molecule has 16 heavy (non-hydrogen) atoms. The van der Waals surface area contributed by atoms with Crippen LogP contribution in [0.3, 0.4) is 0 Å². The number of hydrogen-bond acceptors (Lipinski definition) is 3. The summed E-state index contributed by atoms with van der Waals surface area (Å²) < 4.78 is 0. The summed E-state index contributed by atoms with van der Waals surface area (Å²) in [6.07, 6.45) is 0. The molecule has 1 heterocycles. The van der Waals surface area contributed by atoms with Gasteiger partial charge in [0.1, 0.15) is 5.54 Å². The van der Waals surface area contributed by atoms with Crippen molar-refractivity contribution in [2.24, 2.45) is 0 Å². The molecule has 0 aliphatic carbocycles. The van der Waals surface area contributed by atoms with Gasteiger partial charge in [0.25, 0.3) is 0 Å². The lowest BCUT2D eigenvalue weighted by molar-refractivity contribution is -0.158. The maximum atomic E-state index is 12.1. The molecule has 0 aromatic rings. The van der Waals surface area contributed by atoms with Crippen LogP contribution in [0.2, 0.25) is 0 Å². The fraction of sp³-hybridized carbons (Fsp3) is 0.818. The molecule has 0 spiro atoms. The lowest BCUT2D eigenvalue weighted by atomic mass is 9.97. The smallest absolute Gasteiger partial charge is 0.247 e. The fourth-order valence-electron chi connectivity index (χ4n) is 1.96. The van der Waals surface area contributed by atoms with Gasteiger partial charge in [0.15, 0.2) is 0 Å². The first-order valence-electron chi connectivity index (χ1n) is 5.56. The summed E-state index contributed by atoms with van der Waals surface area (Å²) in [6, 6.07) is -0.254. The third-order valence-electron chi connectivity index (χ3n) is 3.27. The topological polar surface area (TPSA) is 52.7 Å². The molecule has 1 fully saturated rings. The van der Waals surface area contributed by atoms with E-state index in [4.69, 9.17) is 0 Å². The number of amides is 2. The van der Waals surface area contributed by atoms with E-state index in [1.54, 1.807) is 44.7 Å². The summed E-state index contributed by atoms with van der Waals surface area (Å²) in [5, 5.41) is 2.91. The van der Waals surface area contributed by atoms with E-state index in [0.29, 0.717) is 13.1 Å². The summed E-state index contributed by atoms with van der Waals surface area (Å²) in [5.74, 6) is -0.0237. The quantitative estimate of drug-likeness (QED) is 0.703. The van der Waals surface area contributed by atoms with Crippen LogP contribution in [0.4, 0.5) is 0 Å². The van der Waals surface area contributed by atoms with Crippen molar-refractivity contribution in [1.29, 1.82) is 0 Å². The predicted molar refractivity (Wildman–Crippen MR) is 62.0 cm³/mol. The number of carbonyl (C=O) groups excluding carboxylic acids is 2. The first-order chi connectivity index (χ1) is 7.32. The highest BCUT2D eigenvalue weighted by molar-refractivity contribution is 5.93. The molecular weight excluding hydrogens is 206 g/mol. The summed E-state index contributed by atoms with van der Waals surface area (Å²) >= 11 is 0. The molecule has 1 atom stereocenters. The van der Waals surface area contributed by atoms with Crippen LogP contribution in [0, 0.1) is 0 Å². The van der Waals surface area contributed by atoms with E-state index >= 15 is 0 Å². The fourth-order valence-corrected chi connectivity index (χ4v) is 1.96. The molecule has 0 aromatic heterocycles. The molecule has 1 rings (SSSR count). The van der Waals surface area contributed by atoms with E-state index in [9.17, 15) is 9.59 Å². The third-order valence-corrected chi connectivity index (χ3v) is 3.27. The molecule has 1 saturated heterocycles. The Labute approximate surface area is 96.8 Å². The highest BCUT2D eigenvalue weighted by Gasteiger charge is 2.43. The second-order valence-corrected chi connectivity index (χ2v) is 4.79. The number of piperazine rings is 1. The van der Waals surface area contributed by atoms with Gasteiger partial charge in [-0.15, -0.1) is 0 Å². The molecule has 0 bridgehead atoms. The van der Waals surface area contributed by atoms with Crippen molar-refractivity contribution in [1.82, 2.24) is 15.1 Å². The number of nitrogens with one attached hydrogen (secondary N) is 1. The molecule has 0 radical (unpaired) electrons. The van der Waals surface area contributed by atoms with Gasteiger partial charge in [-0.2, -0.15) is 0 Å². The minimum Gasteiger partial charge on any atom is -0.342 e. The van der Waals surface area contributed by atoms with Gasteiger partial charge >= 0.3 is 0 Å². The minimum absolute atomic E-state index is 0.00426. The van der Waals surface area contributed by atoms with Gasteiger partial charge in [-0.3, -0.25) is 9.59 Å². The van der Waals surface area contributed by atoms with Gasteiger partial charge in [-0.25, -0.2) is 0 Å². The van der Waals surface area contributed by atoms with Crippen molar-refractivity contribution in [2.75, 3.05) is 27.2 Å². The lowest BCUT2D eigenvalue weighted by Crippen LogP contribution is -2.65. The Bertz CT molecular complexity index is 302. The van der Waals surface area contributed by atoms with E-state index in [0.717, 1.165) is 0 Å².